The lowest BCUT2D eigenvalue weighted by Crippen LogP contribution is -2.15. The molecule has 2 rings (SSSR count). The van der Waals surface area contributed by atoms with Gasteiger partial charge >= 0.3 is 0 Å². The highest BCUT2D eigenvalue weighted by Gasteiger charge is 2.25. The molecule has 1 atom stereocenters. The molecule has 18 heavy (non-hydrogen) atoms. The van der Waals surface area contributed by atoms with Gasteiger partial charge < -0.3 is 10.1 Å². The Balaban J connectivity index is 2.13. The maximum absolute atomic E-state index is 10.6. The van der Waals surface area contributed by atoms with Crippen LogP contribution in [0.1, 0.15) is 73.6 Å². The number of rotatable bonds is 2. The monoisotopic (exact) mass is 249 g/mol. The van der Waals surface area contributed by atoms with E-state index in [0.717, 1.165) is 5.69 Å². The van der Waals surface area contributed by atoms with E-state index in [1.54, 1.807) is 0 Å². The third-order valence-corrected chi connectivity index (χ3v) is 4.74. The van der Waals surface area contributed by atoms with Crippen LogP contribution in [-0.4, -0.2) is 10.1 Å². The van der Waals surface area contributed by atoms with Gasteiger partial charge in [-0.15, -0.1) is 0 Å². The van der Waals surface area contributed by atoms with Gasteiger partial charge in [-0.2, -0.15) is 0 Å². The minimum absolute atomic E-state index is 0.296. The number of H-pyrrole nitrogens is 1. The standard InChI is InChI=1S/C16H27NO/c1-11-12(2)15(17-13(11)3)16(18)14-9-7-5-4-6-8-10-14/h14,16-18H,4-10H2,1-3H3. The van der Waals surface area contributed by atoms with Crippen LogP contribution in [0.4, 0.5) is 0 Å². The van der Waals surface area contributed by atoms with Crippen molar-refractivity contribution in [2.24, 2.45) is 5.92 Å². The Morgan fingerprint density at radius 2 is 1.50 bits per heavy atom. The molecule has 102 valence electrons. The molecule has 0 saturated heterocycles. The van der Waals surface area contributed by atoms with Crippen molar-refractivity contribution in [2.75, 3.05) is 0 Å². The van der Waals surface area contributed by atoms with Gasteiger partial charge in [-0.05, 0) is 50.7 Å². The first-order chi connectivity index (χ1) is 8.61. The highest BCUT2D eigenvalue weighted by Crippen LogP contribution is 2.34. The van der Waals surface area contributed by atoms with E-state index in [1.807, 2.05) is 0 Å². The normalized spacial score (nSPS) is 20.4. The Bertz CT molecular complexity index is 386. The van der Waals surface area contributed by atoms with Crippen molar-refractivity contribution in [1.29, 1.82) is 0 Å². The molecule has 2 nitrogen and oxygen atoms in total. The van der Waals surface area contributed by atoms with Crippen molar-refractivity contribution < 1.29 is 5.11 Å². The Kier molecular flexibility index (Phi) is 4.50. The van der Waals surface area contributed by atoms with Gasteiger partial charge in [-0.3, -0.25) is 0 Å². The van der Waals surface area contributed by atoms with Gasteiger partial charge in [0.1, 0.15) is 0 Å². The van der Waals surface area contributed by atoms with Gasteiger partial charge in [0.25, 0.3) is 0 Å². The van der Waals surface area contributed by atoms with Gasteiger partial charge in [-0.25, -0.2) is 0 Å². The second-order valence-electron chi connectivity index (χ2n) is 5.96. The van der Waals surface area contributed by atoms with Crippen LogP contribution in [0.15, 0.2) is 0 Å². The molecule has 0 aliphatic heterocycles. The van der Waals surface area contributed by atoms with Crippen molar-refractivity contribution in [3.8, 4) is 0 Å². The summed E-state index contributed by atoms with van der Waals surface area (Å²) in [5, 5.41) is 10.6. The summed E-state index contributed by atoms with van der Waals surface area (Å²) in [6, 6.07) is 0. The second kappa shape index (κ2) is 5.92. The molecule has 0 aromatic carbocycles. The molecule has 1 heterocycles. The summed E-state index contributed by atoms with van der Waals surface area (Å²) in [4.78, 5) is 3.40. The zero-order valence-electron chi connectivity index (χ0n) is 12.1. The van der Waals surface area contributed by atoms with Crippen LogP contribution < -0.4 is 0 Å². The molecule has 1 aliphatic rings. The summed E-state index contributed by atoms with van der Waals surface area (Å²) in [6.45, 7) is 6.35. The molecule has 0 spiro atoms. The summed E-state index contributed by atoms with van der Waals surface area (Å²) in [5.74, 6) is 0.446. The Morgan fingerprint density at radius 3 is 2.00 bits per heavy atom. The van der Waals surface area contributed by atoms with Gasteiger partial charge in [0.05, 0.1) is 6.10 Å². The number of nitrogens with one attached hydrogen (secondary N) is 1. The zero-order valence-corrected chi connectivity index (χ0v) is 12.1. The van der Waals surface area contributed by atoms with Crippen molar-refractivity contribution >= 4 is 0 Å². The van der Waals surface area contributed by atoms with Crippen LogP contribution >= 0.6 is 0 Å². The number of aryl methyl sites for hydroxylation is 1. The van der Waals surface area contributed by atoms with E-state index in [0.29, 0.717) is 5.92 Å². The number of hydrogen-bond donors (Lipinski definition) is 2. The maximum atomic E-state index is 10.6. The van der Waals surface area contributed by atoms with E-state index in [2.05, 4.69) is 25.8 Å². The Hall–Kier alpha value is -0.760. The summed E-state index contributed by atoms with van der Waals surface area (Å²) in [6.07, 6.45) is 8.67. The van der Waals surface area contributed by atoms with E-state index in [1.165, 1.54) is 61.8 Å². The smallest absolute Gasteiger partial charge is 0.0968 e. The minimum atomic E-state index is -0.296. The van der Waals surface area contributed by atoms with Crippen LogP contribution in [0.5, 0.6) is 0 Å². The van der Waals surface area contributed by atoms with Crippen molar-refractivity contribution in [3.05, 3.63) is 22.5 Å². The third kappa shape index (κ3) is 2.80. The second-order valence-corrected chi connectivity index (χ2v) is 5.96. The SMILES string of the molecule is Cc1[nH]c(C(O)C2CCCCCCC2)c(C)c1C. The lowest BCUT2D eigenvalue weighted by Gasteiger charge is -2.25. The van der Waals surface area contributed by atoms with E-state index in [-0.39, 0.29) is 6.10 Å². The molecule has 1 unspecified atom stereocenters. The van der Waals surface area contributed by atoms with Crippen LogP contribution in [-0.2, 0) is 0 Å². The molecule has 1 fully saturated rings. The lowest BCUT2D eigenvalue weighted by molar-refractivity contribution is 0.0873. The molecule has 0 bridgehead atoms. The molecule has 1 aliphatic carbocycles. The van der Waals surface area contributed by atoms with Crippen LogP contribution in [0, 0.1) is 26.7 Å². The Morgan fingerprint density at radius 1 is 0.944 bits per heavy atom. The average Bonchev–Trinajstić information content (AvgIpc) is 2.56. The zero-order chi connectivity index (χ0) is 13.1. The van der Waals surface area contributed by atoms with E-state index in [4.69, 9.17) is 0 Å². The molecular formula is C16H27NO. The van der Waals surface area contributed by atoms with E-state index >= 15 is 0 Å². The number of hydrogen-bond acceptors (Lipinski definition) is 1. The van der Waals surface area contributed by atoms with Gasteiger partial charge in [-0.1, -0.05) is 32.1 Å². The largest absolute Gasteiger partial charge is 0.387 e. The fourth-order valence-electron chi connectivity index (χ4n) is 3.21. The molecule has 0 amide bonds. The van der Waals surface area contributed by atoms with E-state index in [9.17, 15) is 5.11 Å². The summed E-state index contributed by atoms with van der Waals surface area (Å²) < 4.78 is 0. The van der Waals surface area contributed by atoms with E-state index < -0.39 is 0 Å². The lowest BCUT2D eigenvalue weighted by atomic mass is 9.85. The van der Waals surface area contributed by atoms with Crippen molar-refractivity contribution in [3.63, 3.8) is 0 Å². The van der Waals surface area contributed by atoms with Gasteiger partial charge in [0, 0.05) is 11.4 Å². The highest BCUT2D eigenvalue weighted by molar-refractivity contribution is 5.35. The first-order valence-electron chi connectivity index (χ1n) is 7.45. The summed E-state index contributed by atoms with van der Waals surface area (Å²) >= 11 is 0. The third-order valence-electron chi connectivity index (χ3n) is 4.74. The summed E-state index contributed by atoms with van der Waals surface area (Å²) in [5.41, 5.74) is 4.82. The average molecular weight is 249 g/mol. The quantitative estimate of drug-likeness (QED) is 0.804. The molecular weight excluding hydrogens is 222 g/mol. The maximum Gasteiger partial charge on any atom is 0.0968 e. The molecule has 1 saturated carbocycles. The number of aliphatic hydroxyl groups excluding tert-OH is 1. The fraction of sp³-hybridized carbons (Fsp3) is 0.750. The van der Waals surface area contributed by atoms with Gasteiger partial charge in [0.2, 0.25) is 0 Å². The van der Waals surface area contributed by atoms with Crippen LogP contribution in [0.25, 0.3) is 0 Å². The summed E-state index contributed by atoms with van der Waals surface area (Å²) in [7, 11) is 0. The minimum Gasteiger partial charge on any atom is -0.387 e. The van der Waals surface area contributed by atoms with Crippen molar-refractivity contribution in [2.45, 2.75) is 71.8 Å². The molecule has 1 aromatic heterocycles. The fourth-order valence-corrected chi connectivity index (χ4v) is 3.21. The molecule has 0 radical (unpaired) electrons. The van der Waals surface area contributed by atoms with Gasteiger partial charge in [0.15, 0.2) is 0 Å². The highest BCUT2D eigenvalue weighted by atomic mass is 16.3. The Labute approximate surface area is 111 Å². The molecule has 2 N–H and O–H groups in total. The number of aliphatic hydroxyl groups is 1. The number of aromatic amines is 1. The first-order valence-corrected chi connectivity index (χ1v) is 7.45. The predicted molar refractivity (Wildman–Crippen MR) is 75.8 cm³/mol. The van der Waals surface area contributed by atoms with Crippen LogP contribution in [0.3, 0.4) is 0 Å². The first kappa shape index (κ1) is 13.7. The molecule has 1 aromatic rings. The topological polar surface area (TPSA) is 36.0 Å². The predicted octanol–water partition coefficient (Wildman–Crippen LogP) is 4.33. The van der Waals surface area contributed by atoms with Crippen LogP contribution in [0.2, 0.25) is 0 Å². The number of aromatic nitrogens is 1. The molecule has 2 heteroatoms. The van der Waals surface area contributed by atoms with Crippen molar-refractivity contribution in [1.82, 2.24) is 4.98 Å².